The number of likely N-dealkylation sites (tertiary alicyclic amines) is 2. The van der Waals surface area contributed by atoms with Crippen LogP contribution in [0.5, 0.6) is 0 Å². The Kier molecular flexibility index (Phi) is 4.55. The number of aliphatic hydroxyl groups is 1. The van der Waals surface area contributed by atoms with E-state index in [0.29, 0.717) is 12.0 Å². The van der Waals surface area contributed by atoms with E-state index in [1.807, 2.05) is 4.90 Å². The zero-order chi connectivity index (χ0) is 14.9. The van der Waals surface area contributed by atoms with Gasteiger partial charge in [0, 0.05) is 32.6 Å². The Hall–Kier alpha value is -0.610. The molecule has 2 aliphatic heterocycles. The molecule has 4 heteroatoms. The van der Waals surface area contributed by atoms with Gasteiger partial charge in [0.1, 0.15) is 0 Å². The van der Waals surface area contributed by atoms with Gasteiger partial charge in [0.05, 0.1) is 5.60 Å². The fourth-order valence-electron chi connectivity index (χ4n) is 4.72. The number of carbonyl (C=O) groups is 1. The molecule has 21 heavy (non-hydrogen) atoms. The molecule has 1 N–H and O–H groups in total. The van der Waals surface area contributed by atoms with Gasteiger partial charge in [0.2, 0.25) is 5.91 Å². The third-order valence-corrected chi connectivity index (χ3v) is 5.91. The summed E-state index contributed by atoms with van der Waals surface area (Å²) in [7, 11) is 0. The van der Waals surface area contributed by atoms with Gasteiger partial charge in [-0.2, -0.15) is 0 Å². The molecule has 3 aliphatic rings. The first-order chi connectivity index (χ1) is 10.1. The lowest BCUT2D eigenvalue weighted by molar-refractivity contribution is -0.132. The van der Waals surface area contributed by atoms with Gasteiger partial charge < -0.3 is 10.0 Å². The van der Waals surface area contributed by atoms with Crippen LogP contribution in [0.25, 0.3) is 0 Å². The van der Waals surface area contributed by atoms with E-state index in [1.54, 1.807) is 6.92 Å². The lowest BCUT2D eigenvalue weighted by Gasteiger charge is -2.44. The molecule has 2 saturated heterocycles. The number of nitrogens with zero attached hydrogens (tertiary/aromatic N) is 2. The fourth-order valence-corrected chi connectivity index (χ4v) is 4.72. The van der Waals surface area contributed by atoms with Crippen molar-refractivity contribution in [2.45, 2.75) is 69.9 Å². The molecule has 3 fully saturated rings. The molecule has 3 rings (SSSR count). The Bertz CT molecular complexity index is 379. The van der Waals surface area contributed by atoms with Gasteiger partial charge in [0.15, 0.2) is 0 Å². The van der Waals surface area contributed by atoms with Crippen LogP contribution in [0.2, 0.25) is 0 Å². The van der Waals surface area contributed by atoms with Crippen molar-refractivity contribution in [2.24, 2.45) is 5.92 Å². The molecule has 4 nitrogen and oxygen atoms in total. The summed E-state index contributed by atoms with van der Waals surface area (Å²) in [6.07, 6.45) is 9.13. The number of hydrogen-bond acceptors (Lipinski definition) is 3. The maximum absolute atomic E-state index is 11.6. The lowest BCUT2D eigenvalue weighted by atomic mass is 9.87. The molecule has 0 aromatic carbocycles. The van der Waals surface area contributed by atoms with Gasteiger partial charge in [-0.25, -0.2) is 0 Å². The summed E-state index contributed by atoms with van der Waals surface area (Å²) in [4.78, 5) is 16.2. The van der Waals surface area contributed by atoms with Crippen LogP contribution in [-0.4, -0.2) is 58.6 Å². The molecule has 0 radical (unpaired) electrons. The fraction of sp³-hybridized carbons (Fsp3) is 0.941. The molecule has 0 bridgehead atoms. The van der Waals surface area contributed by atoms with Gasteiger partial charge in [-0.15, -0.1) is 0 Å². The summed E-state index contributed by atoms with van der Waals surface area (Å²) in [6, 6.07) is 0.577. The normalized spacial score (nSPS) is 33.5. The first-order valence-corrected chi connectivity index (χ1v) is 8.79. The van der Waals surface area contributed by atoms with Gasteiger partial charge in [-0.1, -0.05) is 19.3 Å². The number of β-amino-alcohol motifs (C(OH)–C–C–N with tert-alkyl or cyclic N) is 1. The van der Waals surface area contributed by atoms with Crippen LogP contribution in [0, 0.1) is 5.92 Å². The second-order valence-electron chi connectivity index (χ2n) is 7.48. The van der Waals surface area contributed by atoms with E-state index >= 15 is 0 Å². The molecule has 0 unspecified atom stereocenters. The molecular formula is C17H30N2O2. The zero-order valence-corrected chi connectivity index (χ0v) is 13.4. The van der Waals surface area contributed by atoms with Gasteiger partial charge in [0.25, 0.3) is 0 Å². The SMILES string of the molecule is CC(=O)N1CC[C@H]2[C@H](CCCCN2CC2(O)CCCC2)C1. The van der Waals surface area contributed by atoms with E-state index in [9.17, 15) is 9.90 Å². The van der Waals surface area contributed by atoms with Crippen molar-refractivity contribution in [1.29, 1.82) is 0 Å². The number of amides is 1. The summed E-state index contributed by atoms with van der Waals surface area (Å²) >= 11 is 0. The minimum atomic E-state index is -0.438. The first kappa shape index (κ1) is 15.3. The molecule has 120 valence electrons. The number of fused-ring (bicyclic) bond motifs is 1. The van der Waals surface area contributed by atoms with Crippen molar-refractivity contribution in [3.05, 3.63) is 0 Å². The summed E-state index contributed by atoms with van der Waals surface area (Å²) in [6.45, 7) is 5.49. The Morgan fingerprint density at radius 1 is 1.14 bits per heavy atom. The van der Waals surface area contributed by atoms with E-state index in [1.165, 1.54) is 32.1 Å². The third-order valence-electron chi connectivity index (χ3n) is 5.91. The van der Waals surface area contributed by atoms with Crippen LogP contribution in [-0.2, 0) is 4.79 Å². The molecular weight excluding hydrogens is 264 g/mol. The van der Waals surface area contributed by atoms with Crippen LogP contribution < -0.4 is 0 Å². The second kappa shape index (κ2) is 6.25. The molecule has 0 aromatic rings. The largest absolute Gasteiger partial charge is 0.389 e. The van der Waals surface area contributed by atoms with Crippen LogP contribution in [0.1, 0.15) is 58.3 Å². The number of rotatable bonds is 2. The predicted molar refractivity (Wildman–Crippen MR) is 83.0 cm³/mol. The summed E-state index contributed by atoms with van der Waals surface area (Å²) in [5, 5.41) is 10.8. The van der Waals surface area contributed by atoms with Crippen LogP contribution in [0.3, 0.4) is 0 Å². The predicted octanol–water partition coefficient (Wildman–Crippen LogP) is 2.01. The average molecular weight is 294 g/mol. The van der Waals surface area contributed by atoms with Gasteiger partial charge in [-0.3, -0.25) is 9.69 Å². The first-order valence-electron chi connectivity index (χ1n) is 8.79. The summed E-state index contributed by atoms with van der Waals surface area (Å²) in [5.41, 5.74) is -0.438. The van der Waals surface area contributed by atoms with E-state index in [4.69, 9.17) is 0 Å². The maximum atomic E-state index is 11.6. The summed E-state index contributed by atoms with van der Waals surface area (Å²) < 4.78 is 0. The molecule has 2 atom stereocenters. The highest BCUT2D eigenvalue weighted by Crippen LogP contribution is 2.35. The van der Waals surface area contributed by atoms with Crippen molar-refractivity contribution in [3.63, 3.8) is 0 Å². The standard InChI is InChI=1S/C17H30N2O2/c1-14(20)18-11-7-16-15(12-18)6-2-5-10-19(16)13-17(21)8-3-4-9-17/h15-16,21H,2-13H2,1H3/t15-,16+/m1/s1. The highest BCUT2D eigenvalue weighted by Gasteiger charge is 2.40. The van der Waals surface area contributed by atoms with Crippen LogP contribution >= 0.6 is 0 Å². The Morgan fingerprint density at radius 2 is 1.90 bits per heavy atom. The smallest absolute Gasteiger partial charge is 0.219 e. The molecule has 1 aliphatic carbocycles. The quantitative estimate of drug-likeness (QED) is 0.847. The minimum absolute atomic E-state index is 0.221. The Balaban J connectivity index is 1.68. The monoisotopic (exact) mass is 294 g/mol. The number of hydrogen-bond donors (Lipinski definition) is 1. The van der Waals surface area contributed by atoms with E-state index in [-0.39, 0.29) is 5.91 Å². The minimum Gasteiger partial charge on any atom is -0.389 e. The average Bonchev–Trinajstić information content (AvgIpc) is 2.78. The van der Waals surface area contributed by atoms with Crippen molar-refractivity contribution in [3.8, 4) is 0 Å². The molecule has 2 heterocycles. The maximum Gasteiger partial charge on any atom is 0.219 e. The van der Waals surface area contributed by atoms with Crippen LogP contribution in [0.15, 0.2) is 0 Å². The van der Waals surface area contributed by atoms with Crippen molar-refractivity contribution < 1.29 is 9.90 Å². The van der Waals surface area contributed by atoms with E-state index in [2.05, 4.69) is 4.90 Å². The third kappa shape index (κ3) is 3.42. The van der Waals surface area contributed by atoms with Crippen molar-refractivity contribution in [1.82, 2.24) is 9.80 Å². The van der Waals surface area contributed by atoms with Gasteiger partial charge >= 0.3 is 0 Å². The highest BCUT2D eigenvalue weighted by atomic mass is 16.3. The molecule has 1 saturated carbocycles. The van der Waals surface area contributed by atoms with E-state index < -0.39 is 5.60 Å². The second-order valence-corrected chi connectivity index (χ2v) is 7.48. The Labute approximate surface area is 128 Å². The lowest BCUT2D eigenvalue weighted by Crippen LogP contribution is -2.54. The number of piperidine rings is 1. The van der Waals surface area contributed by atoms with E-state index in [0.717, 1.165) is 45.4 Å². The summed E-state index contributed by atoms with van der Waals surface area (Å²) in [5.74, 6) is 0.828. The van der Waals surface area contributed by atoms with Gasteiger partial charge in [-0.05, 0) is 44.6 Å². The van der Waals surface area contributed by atoms with Crippen molar-refractivity contribution >= 4 is 5.91 Å². The Morgan fingerprint density at radius 3 is 2.62 bits per heavy atom. The number of carbonyl (C=O) groups excluding carboxylic acids is 1. The molecule has 0 aromatic heterocycles. The van der Waals surface area contributed by atoms with Crippen LogP contribution in [0.4, 0.5) is 0 Å². The zero-order valence-electron chi connectivity index (χ0n) is 13.4. The topological polar surface area (TPSA) is 43.8 Å². The molecule has 1 amide bonds. The molecule has 0 spiro atoms. The van der Waals surface area contributed by atoms with Crippen molar-refractivity contribution in [2.75, 3.05) is 26.2 Å². The highest BCUT2D eigenvalue weighted by molar-refractivity contribution is 5.73.